The Bertz CT molecular complexity index is 789. The Morgan fingerprint density at radius 1 is 1.36 bits per heavy atom. The largest absolute Gasteiger partial charge is 0.447 e. The molecule has 0 unspecified atom stereocenters. The van der Waals surface area contributed by atoms with E-state index in [1.54, 1.807) is 24.3 Å². The number of aromatic nitrogens is 1. The van der Waals surface area contributed by atoms with Gasteiger partial charge in [0.1, 0.15) is 12.2 Å². The molecule has 7 nitrogen and oxygen atoms in total. The van der Waals surface area contributed by atoms with Crippen LogP contribution >= 0.6 is 0 Å². The molecule has 0 bridgehead atoms. The molecule has 0 spiro atoms. The predicted octanol–water partition coefficient (Wildman–Crippen LogP) is 2.81. The molecular formula is C16H15F2N3O4. The third kappa shape index (κ3) is 3.44. The molecule has 0 saturated carbocycles. The van der Waals surface area contributed by atoms with Crippen molar-refractivity contribution in [1.29, 1.82) is 0 Å². The van der Waals surface area contributed by atoms with Crippen molar-refractivity contribution < 1.29 is 27.6 Å². The van der Waals surface area contributed by atoms with Gasteiger partial charge in [-0.25, -0.2) is 13.6 Å². The van der Waals surface area contributed by atoms with Gasteiger partial charge >= 0.3 is 6.09 Å². The van der Waals surface area contributed by atoms with E-state index in [0.29, 0.717) is 18.8 Å². The van der Waals surface area contributed by atoms with E-state index in [2.05, 4.69) is 15.0 Å². The number of ether oxygens (including phenoxy) is 1. The smallest absolute Gasteiger partial charge is 0.414 e. The number of carbonyl (C=O) groups excluding carboxylic acids is 2. The van der Waals surface area contributed by atoms with E-state index in [9.17, 15) is 18.4 Å². The fourth-order valence-corrected chi connectivity index (χ4v) is 2.50. The van der Waals surface area contributed by atoms with Crippen LogP contribution in [0.5, 0.6) is 0 Å². The maximum Gasteiger partial charge on any atom is 0.414 e. The number of amides is 2. The highest BCUT2D eigenvalue weighted by molar-refractivity contribution is 5.96. The summed E-state index contributed by atoms with van der Waals surface area (Å²) in [7, 11) is 0. The molecule has 1 saturated heterocycles. The van der Waals surface area contributed by atoms with Crippen LogP contribution in [0.25, 0.3) is 0 Å². The van der Waals surface area contributed by atoms with E-state index < -0.39 is 24.2 Å². The number of halogens is 2. The van der Waals surface area contributed by atoms with E-state index in [1.165, 1.54) is 11.8 Å². The normalized spacial score (nSPS) is 14.1. The second-order valence-corrected chi connectivity index (χ2v) is 5.42. The van der Waals surface area contributed by atoms with Gasteiger partial charge in [-0.2, -0.15) is 0 Å². The van der Waals surface area contributed by atoms with Gasteiger partial charge in [0.15, 0.2) is 0 Å². The lowest BCUT2D eigenvalue weighted by atomic mass is 10.1. The van der Waals surface area contributed by atoms with Crippen LogP contribution in [-0.2, 0) is 11.3 Å². The monoisotopic (exact) mass is 351 g/mol. The summed E-state index contributed by atoms with van der Waals surface area (Å²) in [6, 6.07) is 6.91. The first kappa shape index (κ1) is 16.9. The molecule has 2 aromatic rings. The first-order chi connectivity index (χ1) is 12.0. The van der Waals surface area contributed by atoms with Gasteiger partial charge in [-0.1, -0.05) is 17.3 Å². The molecule has 1 aromatic carbocycles. The summed E-state index contributed by atoms with van der Waals surface area (Å²) < 4.78 is 35.0. The summed E-state index contributed by atoms with van der Waals surface area (Å²) in [5.74, 6) is -1.42. The minimum absolute atomic E-state index is 0.107. The molecule has 2 amide bonds. The third-order valence-electron chi connectivity index (χ3n) is 3.78. The standard InChI is InChI=1S/C16H15F2N3O4/c1-9-12(13(14(17)18)25-20-9)15(22)19-8-10-2-4-11(5-3-10)21-6-7-24-16(21)23/h2-5,14H,6-8H2,1H3,(H,19,22). The zero-order valence-corrected chi connectivity index (χ0v) is 13.3. The van der Waals surface area contributed by atoms with Crippen LogP contribution in [0.2, 0.25) is 0 Å². The maximum absolute atomic E-state index is 12.8. The molecule has 25 heavy (non-hydrogen) atoms. The van der Waals surface area contributed by atoms with Crippen LogP contribution in [0.4, 0.5) is 19.3 Å². The Labute approximate surface area is 141 Å². The van der Waals surface area contributed by atoms with Gasteiger partial charge in [-0.15, -0.1) is 0 Å². The highest BCUT2D eigenvalue weighted by atomic mass is 19.3. The number of anilines is 1. The molecule has 1 fully saturated rings. The molecule has 1 aliphatic heterocycles. The number of rotatable bonds is 5. The lowest BCUT2D eigenvalue weighted by Crippen LogP contribution is -2.25. The van der Waals surface area contributed by atoms with E-state index in [4.69, 9.17) is 4.74 Å². The average Bonchev–Trinajstić information content (AvgIpc) is 3.19. The maximum atomic E-state index is 12.8. The number of hydrogen-bond acceptors (Lipinski definition) is 5. The van der Waals surface area contributed by atoms with Crippen LogP contribution < -0.4 is 10.2 Å². The van der Waals surface area contributed by atoms with Gasteiger partial charge in [0.25, 0.3) is 12.3 Å². The average molecular weight is 351 g/mol. The first-order valence-corrected chi connectivity index (χ1v) is 7.53. The molecule has 1 aliphatic rings. The molecule has 0 aliphatic carbocycles. The number of carbonyl (C=O) groups is 2. The predicted molar refractivity (Wildman–Crippen MR) is 82.5 cm³/mol. The van der Waals surface area contributed by atoms with Gasteiger partial charge in [0.2, 0.25) is 5.76 Å². The Morgan fingerprint density at radius 2 is 2.08 bits per heavy atom. The zero-order valence-electron chi connectivity index (χ0n) is 13.3. The molecule has 0 atom stereocenters. The fraction of sp³-hybridized carbons (Fsp3) is 0.312. The summed E-state index contributed by atoms with van der Waals surface area (Å²) in [5.41, 5.74) is 1.30. The third-order valence-corrected chi connectivity index (χ3v) is 3.78. The minimum Gasteiger partial charge on any atom is -0.447 e. The number of alkyl halides is 2. The molecule has 2 heterocycles. The van der Waals surface area contributed by atoms with Gasteiger partial charge in [0, 0.05) is 12.2 Å². The highest BCUT2D eigenvalue weighted by Gasteiger charge is 2.27. The summed E-state index contributed by atoms with van der Waals surface area (Å²) in [4.78, 5) is 25.1. The Morgan fingerprint density at radius 3 is 2.68 bits per heavy atom. The van der Waals surface area contributed by atoms with Crippen LogP contribution in [0.15, 0.2) is 28.8 Å². The van der Waals surface area contributed by atoms with Crippen LogP contribution in [0, 0.1) is 6.92 Å². The number of aryl methyl sites for hydroxylation is 1. The molecular weight excluding hydrogens is 336 g/mol. The first-order valence-electron chi connectivity index (χ1n) is 7.53. The lowest BCUT2D eigenvalue weighted by molar-refractivity contribution is 0.0907. The quantitative estimate of drug-likeness (QED) is 0.895. The molecule has 1 N–H and O–H groups in total. The Kier molecular flexibility index (Phi) is 4.64. The SMILES string of the molecule is Cc1noc(C(F)F)c1C(=O)NCc1ccc(N2CCOC2=O)cc1. The Balaban J connectivity index is 1.65. The van der Waals surface area contributed by atoms with E-state index in [1.807, 2.05) is 0 Å². The van der Waals surface area contributed by atoms with E-state index >= 15 is 0 Å². The number of hydrogen-bond donors (Lipinski definition) is 1. The van der Waals surface area contributed by atoms with Crippen molar-refractivity contribution in [3.63, 3.8) is 0 Å². The van der Waals surface area contributed by atoms with Crippen LogP contribution in [0.1, 0.15) is 33.8 Å². The number of nitrogens with zero attached hydrogens (tertiary/aromatic N) is 2. The summed E-state index contributed by atoms with van der Waals surface area (Å²) in [5, 5.41) is 5.97. The van der Waals surface area contributed by atoms with Crippen molar-refractivity contribution in [3.8, 4) is 0 Å². The zero-order chi connectivity index (χ0) is 18.0. The van der Waals surface area contributed by atoms with Gasteiger partial charge in [0.05, 0.1) is 12.2 Å². The highest BCUT2D eigenvalue weighted by Crippen LogP contribution is 2.25. The van der Waals surface area contributed by atoms with Crippen LogP contribution in [-0.4, -0.2) is 30.3 Å². The van der Waals surface area contributed by atoms with Gasteiger partial charge in [-0.3, -0.25) is 9.69 Å². The number of nitrogens with one attached hydrogen (secondary N) is 1. The summed E-state index contributed by atoms with van der Waals surface area (Å²) >= 11 is 0. The Hall–Kier alpha value is -2.97. The second-order valence-electron chi connectivity index (χ2n) is 5.42. The molecule has 9 heteroatoms. The topological polar surface area (TPSA) is 84.7 Å². The van der Waals surface area contributed by atoms with Crippen molar-refractivity contribution in [2.24, 2.45) is 0 Å². The van der Waals surface area contributed by atoms with Gasteiger partial charge < -0.3 is 14.6 Å². The molecule has 1 aromatic heterocycles. The van der Waals surface area contributed by atoms with Gasteiger partial charge in [-0.05, 0) is 24.6 Å². The number of benzene rings is 1. The lowest BCUT2D eigenvalue weighted by Gasteiger charge is -2.13. The van der Waals surface area contributed by atoms with Crippen molar-refractivity contribution in [2.75, 3.05) is 18.1 Å². The molecule has 132 valence electrons. The van der Waals surface area contributed by atoms with Crippen LogP contribution in [0.3, 0.4) is 0 Å². The van der Waals surface area contributed by atoms with E-state index in [0.717, 1.165) is 5.56 Å². The summed E-state index contributed by atoms with van der Waals surface area (Å²) in [6.07, 6.45) is -3.31. The fourth-order valence-electron chi connectivity index (χ4n) is 2.50. The van der Waals surface area contributed by atoms with Crippen molar-refractivity contribution in [3.05, 3.63) is 46.8 Å². The number of cyclic esters (lactones) is 1. The molecule has 3 rings (SSSR count). The second kappa shape index (κ2) is 6.88. The van der Waals surface area contributed by atoms with Crippen molar-refractivity contribution >= 4 is 17.7 Å². The summed E-state index contributed by atoms with van der Waals surface area (Å²) in [6.45, 7) is 2.39. The minimum atomic E-state index is -2.92. The van der Waals surface area contributed by atoms with E-state index in [-0.39, 0.29) is 17.8 Å². The van der Waals surface area contributed by atoms with Crippen molar-refractivity contribution in [2.45, 2.75) is 19.9 Å². The van der Waals surface area contributed by atoms with Crippen molar-refractivity contribution in [1.82, 2.24) is 10.5 Å². The molecule has 0 radical (unpaired) electrons.